The summed E-state index contributed by atoms with van der Waals surface area (Å²) in [6.45, 7) is 0.979. The van der Waals surface area contributed by atoms with Crippen LogP contribution in [0.25, 0.3) is 0 Å². The van der Waals surface area contributed by atoms with Crippen molar-refractivity contribution in [1.82, 2.24) is 9.88 Å². The highest BCUT2D eigenvalue weighted by molar-refractivity contribution is 5.77. The number of rotatable bonds is 5. The molecular weight excluding hydrogens is 260 g/mol. The Morgan fingerprint density at radius 2 is 1.90 bits per heavy atom. The molecule has 1 saturated heterocycles. The number of hydrogen-bond acceptors (Lipinski definition) is 2. The van der Waals surface area contributed by atoms with Crippen LogP contribution >= 0.6 is 0 Å². The summed E-state index contributed by atoms with van der Waals surface area (Å²) in [4.78, 5) is 18.8. The topological polar surface area (TPSA) is 33.2 Å². The summed E-state index contributed by atoms with van der Waals surface area (Å²) in [5.41, 5.74) is 1.33. The highest BCUT2D eigenvalue weighted by atomic mass is 16.2. The van der Waals surface area contributed by atoms with Crippen LogP contribution in [0.1, 0.15) is 56.9 Å². The molecule has 1 aromatic rings. The number of carbonyl (C=O) groups is 1. The second-order valence-corrected chi connectivity index (χ2v) is 6.63. The van der Waals surface area contributed by atoms with Crippen molar-refractivity contribution >= 4 is 5.91 Å². The lowest BCUT2D eigenvalue weighted by molar-refractivity contribution is -0.133. The van der Waals surface area contributed by atoms with E-state index in [1.807, 2.05) is 12.4 Å². The van der Waals surface area contributed by atoms with Crippen LogP contribution < -0.4 is 0 Å². The monoisotopic (exact) mass is 286 g/mol. The molecule has 0 bridgehead atoms. The molecule has 114 valence electrons. The predicted molar refractivity (Wildman–Crippen MR) is 83.9 cm³/mol. The van der Waals surface area contributed by atoms with Crippen LogP contribution in [0.2, 0.25) is 0 Å². The molecule has 2 heterocycles. The second-order valence-electron chi connectivity index (χ2n) is 6.63. The van der Waals surface area contributed by atoms with E-state index in [0.29, 0.717) is 17.9 Å². The van der Waals surface area contributed by atoms with Gasteiger partial charge in [0.15, 0.2) is 0 Å². The fourth-order valence-electron chi connectivity index (χ4n) is 3.93. The third kappa shape index (κ3) is 3.84. The van der Waals surface area contributed by atoms with E-state index in [2.05, 4.69) is 22.0 Å². The maximum Gasteiger partial charge on any atom is 0.223 e. The van der Waals surface area contributed by atoms with E-state index in [-0.39, 0.29) is 0 Å². The molecule has 1 amide bonds. The van der Waals surface area contributed by atoms with E-state index in [9.17, 15) is 4.79 Å². The second kappa shape index (κ2) is 7.06. The van der Waals surface area contributed by atoms with Gasteiger partial charge < -0.3 is 4.90 Å². The lowest BCUT2D eigenvalue weighted by Crippen LogP contribution is -2.36. The zero-order chi connectivity index (χ0) is 14.5. The lowest BCUT2D eigenvalue weighted by atomic mass is 10.0. The predicted octanol–water partition coefficient (Wildman–Crippen LogP) is 3.59. The summed E-state index contributed by atoms with van der Waals surface area (Å²) in [6, 6.07) is 4.63. The molecule has 0 spiro atoms. The standard InChI is InChI=1S/C18H26N2O/c21-18(14-16-4-1-2-5-16)20-13-3-6-17(20)8-7-15-9-11-19-12-10-15/h9-12,16-17H,1-8,13-14H2/t17-/m1/s1. The number of pyridine rings is 1. The van der Waals surface area contributed by atoms with Crippen LogP contribution in [-0.2, 0) is 11.2 Å². The molecule has 0 unspecified atom stereocenters. The molecular formula is C18H26N2O. The van der Waals surface area contributed by atoms with Gasteiger partial charge in [-0.25, -0.2) is 0 Å². The molecule has 21 heavy (non-hydrogen) atoms. The Morgan fingerprint density at radius 1 is 1.14 bits per heavy atom. The highest BCUT2D eigenvalue weighted by Gasteiger charge is 2.30. The average molecular weight is 286 g/mol. The summed E-state index contributed by atoms with van der Waals surface area (Å²) >= 11 is 0. The number of aromatic nitrogens is 1. The smallest absolute Gasteiger partial charge is 0.223 e. The van der Waals surface area contributed by atoms with Crippen molar-refractivity contribution in [2.45, 2.75) is 63.8 Å². The Hall–Kier alpha value is -1.38. The SMILES string of the molecule is O=C(CC1CCCC1)N1CCC[C@@H]1CCc1ccncc1. The van der Waals surface area contributed by atoms with E-state index in [1.54, 1.807) is 0 Å². The summed E-state index contributed by atoms with van der Waals surface area (Å²) in [5.74, 6) is 1.08. The van der Waals surface area contributed by atoms with Crippen molar-refractivity contribution in [3.05, 3.63) is 30.1 Å². The van der Waals surface area contributed by atoms with Gasteiger partial charge in [-0.05, 0) is 62.1 Å². The first kappa shape index (κ1) is 14.6. The molecule has 1 aliphatic heterocycles. The van der Waals surface area contributed by atoms with E-state index in [0.717, 1.165) is 25.8 Å². The molecule has 1 aliphatic carbocycles. The van der Waals surface area contributed by atoms with Crippen LogP contribution in [0, 0.1) is 5.92 Å². The third-order valence-electron chi connectivity index (χ3n) is 5.15. The van der Waals surface area contributed by atoms with Crippen LogP contribution in [-0.4, -0.2) is 28.4 Å². The van der Waals surface area contributed by atoms with Crippen molar-refractivity contribution in [1.29, 1.82) is 0 Å². The number of amides is 1. The van der Waals surface area contributed by atoms with Gasteiger partial charge >= 0.3 is 0 Å². The third-order valence-corrected chi connectivity index (χ3v) is 5.15. The molecule has 3 nitrogen and oxygen atoms in total. The quantitative estimate of drug-likeness (QED) is 0.829. The molecule has 1 aromatic heterocycles. The Labute approximate surface area is 127 Å². The van der Waals surface area contributed by atoms with Gasteiger partial charge in [0.2, 0.25) is 5.91 Å². The normalized spacial score (nSPS) is 22.9. The number of nitrogens with zero attached hydrogens (tertiary/aromatic N) is 2. The first-order valence-electron chi connectivity index (χ1n) is 8.51. The van der Waals surface area contributed by atoms with Crippen LogP contribution in [0.4, 0.5) is 0 Å². The van der Waals surface area contributed by atoms with Crippen LogP contribution in [0.5, 0.6) is 0 Å². The Kier molecular flexibility index (Phi) is 4.89. The fourth-order valence-corrected chi connectivity index (χ4v) is 3.93. The Morgan fingerprint density at radius 3 is 2.67 bits per heavy atom. The number of hydrogen-bond donors (Lipinski definition) is 0. The largest absolute Gasteiger partial charge is 0.340 e. The van der Waals surface area contributed by atoms with Crippen LogP contribution in [0.15, 0.2) is 24.5 Å². The van der Waals surface area contributed by atoms with Crippen molar-refractivity contribution < 1.29 is 4.79 Å². The maximum atomic E-state index is 12.5. The zero-order valence-electron chi connectivity index (χ0n) is 12.8. The molecule has 1 saturated carbocycles. The summed E-state index contributed by atoms with van der Waals surface area (Å²) in [7, 11) is 0. The average Bonchev–Trinajstić information content (AvgIpc) is 3.17. The minimum atomic E-state index is 0.416. The Balaban J connectivity index is 1.51. The highest BCUT2D eigenvalue weighted by Crippen LogP contribution is 2.30. The van der Waals surface area contributed by atoms with Gasteiger partial charge in [-0.1, -0.05) is 12.8 Å². The van der Waals surface area contributed by atoms with Crippen molar-refractivity contribution in [3.8, 4) is 0 Å². The molecule has 1 atom stereocenters. The van der Waals surface area contributed by atoms with Crippen molar-refractivity contribution in [2.24, 2.45) is 5.92 Å². The van der Waals surface area contributed by atoms with Crippen molar-refractivity contribution in [2.75, 3.05) is 6.54 Å². The van der Waals surface area contributed by atoms with Gasteiger partial charge in [0.05, 0.1) is 0 Å². The summed E-state index contributed by atoms with van der Waals surface area (Å²) < 4.78 is 0. The fraction of sp³-hybridized carbons (Fsp3) is 0.667. The number of aryl methyl sites for hydroxylation is 1. The summed E-state index contributed by atoms with van der Waals surface area (Å²) in [5, 5.41) is 0. The molecule has 2 aliphatic rings. The maximum absolute atomic E-state index is 12.5. The summed E-state index contributed by atoms with van der Waals surface area (Å²) in [6.07, 6.45) is 14.2. The molecule has 2 fully saturated rings. The molecule has 0 aromatic carbocycles. The Bertz CT molecular complexity index is 454. The van der Waals surface area contributed by atoms with Gasteiger partial charge in [-0.15, -0.1) is 0 Å². The van der Waals surface area contributed by atoms with Gasteiger partial charge in [0, 0.05) is 31.4 Å². The first-order valence-corrected chi connectivity index (χ1v) is 8.51. The first-order chi connectivity index (χ1) is 10.3. The lowest BCUT2D eigenvalue weighted by Gasteiger charge is -2.26. The number of carbonyl (C=O) groups excluding carboxylic acids is 1. The van der Waals surface area contributed by atoms with E-state index in [1.165, 1.54) is 44.1 Å². The van der Waals surface area contributed by atoms with Crippen molar-refractivity contribution in [3.63, 3.8) is 0 Å². The number of likely N-dealkylation sites (tertiary alicyclic amines) is 1. The molecule has 0 N–H and O–H groups in total. The van der Waals surface area contributed by atoms with Gasteiger partial charge in [0.1, 0.15) is 0 Å². The van der Waals surface area contributed by atoms with E-state index < -0.39 is 0 Å². The van der Waals surface area contributed by atoms with E-state index >= 15 is 0 Å². The molecule has 3 rings (SSSR count). The van der Waals surface area contributed by atoms with E-state index in [4.69, 9.17) is 0 Å². The minimum absolute atomic E-state index is 0.416. The minimum Gasteiger partial charge on any atom is -0.340 e. The molecule has 0 radical (unpaired) electrons. The van der Waals surface area contributed by atoms with Gasteiger partial charge in [-0.3, -0.25) is 9.78 Å². The van der Waals surface area contributed by atoms with Gasteiger partial charge in [0.25, 0.3) is 0 Å². The molecule has 3 heteroatoms. The van der Waals surface area contributed by atoms with Gasteiger partial charge in [-0.2, -0.15) is 0 Å². The van der Waals surface area contributed by atoms with Crippen LogP contribution in [0.3, 0.4) is 0 Å². The zero-order valence-corrected chi connectivity index (χ0v) is 12.8.